The van der Waals surface area contributed by atoms with E-state index in [4.69, 9.17) is 4.74 Å². The highest BCUT2D eigenvalue weighted by atomic mass is 29.2. The Balaban J connectivity index is 2.76. The average Bonchev–Trinajstić information content (AvgIpc) is 2.61. The molecule has 30 heavy (non-hydrogen) atoms. The van der Waals surface area contributed by atoms with Crippen LogP contribution in [0.1, 0.15) is 98.8 Å². The van der Waals surface area contributed by atoms with Gasteiger partial charge < -0.3 is 4.74 Å². The van der Waals surface area contributed by atoms with Crippen LogP contribution in [0.2, 0.25) is 31.7 Å². The van der Waals surface area contributed by atoms with Crippen molar-refractivity contribution in [2.45, 2.75) is 148 Å². The molecule has 178 valence electrons. The molecule has 0 aromatic heterocycles. The SMILES string of the molecule is CCCCCCCCCC(C(=O)OC1CC(C)(C)N(C)C(C)(C)C1)[Si](C)(C)[SiH](C)C. The highest BCUT2D eigenvalue weighted by Gasteiger charge is 2.46. The van der Waals surface area contributed by atoms with Crippen molar-refractivity contribution in [3.63, 3.8) is 0 Å². The molecule has 3 nitrogen and oxygen atoms in total. The van der Waals surface area contributed by atoms with Gasteiger partial charge >= 0.3 is 5.97 Å². The fourth-order valence-electron chi connectivity index (χ4n) is 5.11. The summed E-state index contributed by atoms with van der Waals surface area (Å²) in [6.07, 6.45) is 12.1. The summed E-state index contributed by atoms with van der Waals surface area (Å²) < 4.78 is 6.31. The van der Waals surface area contributed by atoms with Crippen molar-refractivity contribution in [1.29, 1.82) is 0 Å². The number of unbranched alkanes of at least 4 members (excludes halogenated alkanes) is 6. The van der Waals surface area contributed by atoms with E-state index in [0.717, 1.165) is 19.3 Å². The monoisotopic (exact) mass is 455 g/mol. The fraction of sp³-hybridized carbons (Fsp3) is 0.960. The van der Waals surface area contributed by atoms with E-state index in [1.165, 1.54) is 44.9 Å². The third kappa shape index (κ3) is 7.77. The van der Waals surface area contributed by atoms with Crippen LogP contribution in [0.3, 0.4) is 0 Å². The molecule has 1 aliphatic rings. The van der Waals surface area contributed by atoms with Crippen LogP contribution in [-0.4, -0.2) is 51.0 Å². The lowest BCUT2D eigenvalue weighted by Crippen LogP contribution is -2.60. The van der Waals surface area contributed by atoms with Gasteiger partial charge in [0.1, 0.15) is 6.10 Å². The number of hydrogen-bond acceptors (Lipinski definition) is 3. The van der Waals surface area contributed by atoms with Crippen molar-refractivity contribution in [2.24, 2.45) is 0 Å². The van der Waals surface area contributed by atoms with Crippen LogP contribution in [0.15, 0.2) is 0 Å². The van der Waals surface area contributed by atoms with Crippen LogP contribution in [0.25, 0.3) is 0 Å². The smallest absolute Gasteiger partial charge is 0.306 e. The molecule has 0 spiro atoms. The van der Waals surface area contributed by atoms with Crippen LogP contribution >= 0.6 is 0 Å². The molecule has 1 aliphatic heterocycles. The van der Waals surface area contributed by atoms with Crippen LogP contribution in [0, 0.1) is 0 Å². The number of likely N-dealkylation sites (tertiary alicyclic amines) is 1. The molecule has 5 heteroatoms. The molecule has 1 fully saturated rings. The minimum atomic E-state index is -1.57. The Morgan fingerprint density at radius 2 is 1.47 bits per heavy atom. The number of rotatable bonds is 12. The third-order valence-electron chi connectivity index (χ3n) is 8.32. The van der Waals surface area contributed by atoms with Crippen molar-refractivity contribution in [3.8, 4) is 0 Å². The molecular formula is C25H53NO2Si2. The number of ether oxygens (including phenoxy) is 1. The Bertz CT molecular complexity index is 513. The molecule has 0 aromatic carbocycles. The van der Waals surface area contributed by atoms with E-state index >= 15 is 0 Å². The second-order valence-electron chi connectivity index (χ2n) is 12.1. The maximum Gasteiger partial charge on any atom is 0.306 e. The number of hydrogen-bond donors (Lipinski definition) is 0. The van der Waals surface area contributed by atoms with Gasteiger partial charge in [0.25, 0.3) is 0 Å². The van der Waals surface area contributed by atoms with Crippen LogP contribution in [-0.2, 0) is 9.53 Å². The zero-order chi connectivity index (χ0) is 23.2. The molecule has 0 radical (unpaired) electrons. The van der Waals surface area contributed by atoms with Gasteiger partial charge in [-0.05, 0) is 41.2 Å². The first-order valence-electron chi connectivity index (χ1n) is 12.7. The summed E-state index contributed by atoms with van der Waals surface area (Å²) in [7, 11) is -0.217. The van der Waals surface area contributed by atoms with Gasteiger partial charge in [0.05, 0.1) is 7.59 Å². The summed E-state index contributed by atoms with van der Waals surface area (Å²) in [5.74, 6) is 0.139. The normalized spacial score (nSPS) is 21.0. The Kier molecular flexibility index (Phi) is 10.8. The zero-order valence-corrected chi connectivity index (χ0v) is 24.2. The highest BCUT2D eigenvalue weighted by molar-refractivity contribution is 7.32. The quantitative estimate of drug-likeness (QED) is 0.181. The first-order chi connectivity index (χ1) is 13.8. The van der Waals surface area contributed by atoms with E-state index in [-0.39, 0.29) is 28.7 Å². The molecule has 0 bridgehead atoms. The molecular weight excluding hydrogens is 402 g/mol. The number of carbonyl (C=O) groups is 1. The molecule has 0 saturated carbocycles. The molecule has 0 N–H and O–H groups in total. The van der Waals surface area contributed by atoms with Crippen molar-refractivity contribution in [1.82, 2.24) is 4.90 Å². The highest BCUT2D eigenvalue weighted by Crippen LogP contribution is 2.40. The molecule has 1 heterocycles. The summed E-state index contributed by atoms with van der Waals surface area (Å²) in [6, 6.07) is 0. The van der Waals surface area contributed by atoms with E-state index in [2.05, 4.69) is 72.8 Å². The lowest BCUT2D eigenvalue weighted by molar-refractivity contribution is -0.159. The van der Waals surface area contributed by atoms with Crippen molar-refractivity contribution in [3.05, 3.63) is 0 Å². The van der Waals surface area contributed by atoms with Crippen molar-refractivity contribution < 1.29 is 9.53 Å². The van der Waals surface area contributed by atoms with E-state index in [1.54, 1.807) is 0 Å². The molecule has 0 aromatic rings. The standard InChI is InChI=1S/C25H53NO2Si2/c1-11-12-13-14-15-16-17-18-22(30(9,10)29(7)8)23(27)28-21-19-24(2,3)26(6)25(4,5)20-21/h21-22,29H,11-20H2,1-10H3. The van der Waals surface area contributed by atoms with Gasteiger partial charge in [-0.15, -0.1) is 0 Å². The fourth-order valence-corrected chi connectivity index (χ4v) is 10.9. The summed E-state index contributed by atoms with van der Waals surface area (Å²) in [4.78, 5) is 16.0. The summed E-state index contributed by atoms with van der Waals surface area (Å²) in [6.45, 7) is 21.2. The maximum atomic E-state index is 13.5. The van der Waals surface area contributed by atoms with E-state index in [9.17, 15) is 4.79 Å². The van der Waals surface area contributed by atoms with Crippen LogP contribution in [0.4, 0.5) is 0 Å². The molecule has 0 amide bonds. The zero-order valence-electron chi connectivity index (χ0n) is 22.1. The summed E-state index contributed by atoms with van der Waals surface area (Å²) in [5, 5.41) is 0. The van der Waals surface area contributed by atoms with Crippen molar-refractivity contribution >= 4 is 21.9 Å². The second-order valence-corrected chi connectivity index (χ2v) is 26.7. The maximum absolute atomic E-state index is 13.5. The number of esters is 1. The van der Waals surface area contributed by atoms with E-state index in [0.29, 0.717) is 0 Å². The Morgan fingerprint density at radius 1 is 1.00 bits per heavy atom. The Labute approximate surface area is 191 Å². The number of carbonyl (C=O) groups excluding carboxylic acids is 1. The van der Waals surface area contributed by atoms with Gasteiger partial charge in [0, 0.05) is 37.8 Å². The lowest BCUT2D eigenvalue weighted by Gasteiger charge is -2.53. The van der Waals surface area contributed by atoms with Crippen molar-refractivity contribution in [2.75, 3.05) is 7.05 Å². The lowest BCUT2D eigenvalue weighted by atomic mass is 9.79. The summed E-state index contributed by atoms with van der Waals surface area (Å²) in [5.41, 5.74) is 0.298. The minimum absolute atomic E-state index is 0.0499. The largest absolute Gasteiger partial charge is 0.462 e. The summed E-state index contributed by atoms with van der Waals surface area (Å²) >= 11 is 0. The Morgan fingerprint density at radius 3 is 1.93 bits per heavy atom. The Hall–Kier alpha value is -0.136. The van der Waals surface area contributed by atoms with Gasteiger partial charge in [-0.25, -0.2) is 0 Å². The van der Waals surface area contributed by atoms with Gasteiger partial charge in [0.15, 0.2) is 0 Å². The van der Waals surface area contributed by atoms with Gasteiger partial charge in [0.2, 0.25) is 0 Å². The van der Waals surface area contributed by atoms with Crippen LogP contribution < -0.4 is 0 Å². The molecule has 1 unspecified atom stereocenters. The molecule has 0 aliphatic carbocycles. The van der Waals surface area contributed by atoms with Crippen LogP contribution in [0.5, 0.6) is 0 Å². The third-order valence-corrected chi connectivity index (χ3v) is 23.8. The molecule has 1 saturated heterocycles. The molecule has 1 atom stereocenters. The predicted octanol–water partition coefficient (Wildman–Crippen LogP) is 6.97. The average molecular weight is 456 g/mol. The first kappa shape index (κ1) is 27.9. The van der Waals surface area contributed by atoms with E-state index < -0.39 is 15.9 Å². The first-order valence-corrected chi connectivity index (χ1v) is 19.9. The second kappa shape index (κ2) is 11.6. The topological polar surface area (TPSA) is 29.5 Å². The predicted molar refractivity (Wildman–Crippen MR) is 138 cm³/mol. The molecule has 1 rings (SSSR count). The van der Waals surface area contributed by atoms with Gasteiger partial charge in [-0.1, -0.05) is 78.1 Å². The van der Waals surface area contributed by atoms with E-state index in [1.807, 2.05) is 0 Å². The van der Waals surface area contributed by atoms with Gasteiger partial charge in [-0.3, -0.25) is 9.69 Å². The number of piperidine rings is 1. The number of nitrogens with zero attached hydrogens (tertiary/aromatic N) is 1. The minimum Gasteiger partial charge on any atom is -0.462 e. The van der Waals surface area contributed by atoms with Gasteiger partial charge in [-0.2, -0.15) is 0 Å².